The molecule has 0 heteroatoms. The average molecular weight is 174 g/mol. The van der Waals surface area contributed by atoms with Crippen molar-refractivity contribution in [2.45, 2.75) is 32.1 Å². The van der Waals surface area contributed by atoms with E-state index in [2.05, 4.69) is 48.6 Å². The second-order valence-electron chi connectivity index (χ2n) is 3.19. The maximum atomic E-state index is 2.26. The highest BCUT2D eigenvalue weighted by Gasteiger charge is 1.79. The molecular formula is C13H18. The van der Waals surface area contributed by atoms with Crippen LogP contribution in [0.5, 0.6) is 0 Å². The summed E-state index contributed by atoms with van der Waals surface area (Å²) >= 11 is 0. The molecule has 0 nitrogen and oxygen atoms in total. The first-order valence-corrected chi connectivity index (χ1v) is 5.12. The third kappa shape index (κ3) is 6.15. The SMILES string of the molecule is C1=CCCC=CCC=CCC/C=C/1. The fourth-order valence-corrected chi connectivity index (χ4v) is 1.24. The van der Waals surface area contributed by atoms with E-state index in [4.69, 9.17) is 0 Å². The number of hydrogen-bond donors (Lipinski definition) is 0. The molecule has 1 aliphatic carbocycles. The minimum absolute atomic E-state index is 1.09. The van der Waals surface area contributed by atoms with E-state index >= 15 is 0 Å². The van der Waals surface area contributed by atoms with Gasteiger partial charge in [0.1, 0.15) is 0 Å². The van der Waals surface area contributed by atoms with Gasteiger partial charge in [-0.15, -0.1) is 0 Å². The quantitative estimate of drug-likeness (QED) is 0.483. The Balaban J connectivity index is 2.38. The van der Waals surface area contributed by atoms with Crippen molar-refractivity contribution in [3.8, 4) is 0 Å². The molecule has 0 aliphatic heterocycles. The second kappa shape index (κ2) is 7.60. The third-order valence-corrected chi connectivity index (χ3v) is 1.99. The molecule has 0 saturated heterocycles. The summed E-state index contributed by atoms with van der Waals surface area (Å²) in [5.41, 5.74) is 0. The topological polar surface area (TPSA) is 0 Å². The van der Waals surface area contributed by atoms with Crippen LogP contribution in [-0.4, -0.2) is 0 Å². The minimum atomic E-state index is 1.09. The number of allylic oxidation sites excluding steroid dienone is 8. The predicted octanol–water partition coefficient (Wildman–Crippen LogP) is 4.18. The van der Waals surface area contributed by atoms with E-state index in [1.54, 1.807) is 0 Å². The van der Waals surface area contributed by atoms with E-state index in [0.717, 1.165) is 32.1 Å². The third-order valence-electron chi connectivity index (χ3n) is 1.99. The lowest BCUT2D eigenvalue weighted by Gasteiger charge is -1.85. The smallest absolute Gasteiger partial charge is 0.0169 e. The van der Waals surface area contributed by atoms with E-state index in [0.29, 0.717) is 0 Å². The van der Waals surface area contributed by atoms with E-state index in [1.807, 2.05) is 0 Å². The molecule has 0 saturated carbocycles. The molecule has 0 unspecified atom stereocenters. The van der Waals surface area contributed by atoms with Crippen LogP contribution >= 0.6 is 0 Å². The zero-order chi connectivity index (χ0) is 9.19. The Morgan fingerprint density at radius 1 is 0.462 bits per heavy atom. The molecule has 1 rings (SSSR count). The molecule has 0 aromatic carbocycles. The number of hydrogen-bond acceptors (Lipinski definition) is 0. The fourth-order valence-electron chi connectivity index (χ4n) is 1.24. The Hall–Kier alpha value is -1.04. The molecule has 13 heavy (non-hydrogen) atoms. The normalized spacial score (nSPS) is 21.5. The van der Waals surface area contributed by atoms with Crippen molar-refractivity contribution in [1.82, 2.24) is 0 Å². The molecule has 0 N–H and O–H groups in total. The molecule has 1 aliphatic rings. The van der Waals surface area contributed by atoms with Gasteiger partial charge in [-0.2, -0.15) is 0 Å². The van der Waals surface area contributed by atoms with Crippen LogP contribution in [0, 0.1) is 0 Å². The van der Waals surface area contributed by atoms with Crippen molar-refractivity contribution in [2.24, 2.45) is 0 Å². The van der Waals surface area contributed by atoms with Crippen LogP contribution in [0.15, 0.2) is 48.6 Å². The van der Waals surface area contributed by atoms with Gasteiger partial charge < -0.3 is 0 Å². The van der Waals surface area contributed by atoms with Crippen LogP contribution in [0.1, 0.15) is 32.1 Å². The summed E-state index contributed by atoms with van der Waals surface area (Å²) in [6.45, 7) is 0. The summed E-state index contributed by atoms with van der Waals surface area (Å²) in [5.74, 6) is 0. The van der Waals surface area contributed by atoms with Gasteiger partial charge in [0, 0.05) is 0 Å². The molecule has 0 fully saturated rings. The highest BCUT2D eigenvalue weighted by atomic mass is 13.9. The lowest BCUT2D eigenvalue weighted by atomic mass is 10.2. The molecule has 0 radical (unpaired) electrons. The highest BCUT2D eigenvalue weighted by molar-refractivity contribution is 5.04. The van der Waals surface area contributed by atoms with Crippen molar-refractivity contribution in [2.75, 3.05) is 0 Å². The zero-order valence-corrected chi connectivity index (χ0v) is 8.15. The zero-order valence-electron chi connectivity index (χ0n) is 8.15. The Kier molecular flexibility index (Phi) is 5.87. The van der Waals surface area contributed by atoms with Crippen LogP contribution in [0.25, 0.3) is 0 Å². The van der Waals surface area contributed by atoms with Gasteiger partial charge in [-0.1, -0.05) is 48.6 Å². The highest BCUT2D eigenvalue weighted by Crippen LogP contribution is 1.99. The summed E-state index contributed by atoms with van der Waals surface area (Å²) < 4.78 is 0. The molecular weight excluding hydrogens is 156 g/mol. The van der Waals surface area contributed by atoms with Crippen molar-refractivity contribution in [3.63, 3.8) is 0 Å². The molecule has 0 aromatic rings. The van der Waals surface area contributed by atoms with Crippen molar-refractivity contribution >= 4 is 0 Å². The van der Waals surface area contributed by atoms with Gasteiger partial charge in [0.2, 0.25) is 0 Å². The van der Waals surface area contributed by atoms with E-state index in [1.165, 1.54) is 0 Å². The fraction of sp³-hybridized carbons (Fsp3) is 0.385. The van der Waals surface area contributed by atoms with Crippen LogP contribution in [0.4, 0.5) is 0 Å². The first-order chi connectivity index (χ1) is 6.50. The Bertz CT molecular complexity index is 192. The summed E-state index contributed by atoms with van der Waals surface area (Å²) in [7, 11) is 0. The lowest BCUT2D eigenvalue weighted by Crippen LogP contribution is -1.64. The Labute approximate surface area is 81.4 Å². The minimum Gasteiger partial charge on any atom is -0.0879 e. The first-order valence-electron chi connectivity index (χ1n) is 5.12. The molecule has 0 bridgehead atoms. The van der Waals surface area contributed by atoms with Gasteiger partial charge in [0.15, 0.2) is 0 Å². The van der Waals surface area contributed by atoms with Gasteiger partial charge >= 0.3 is 0 Å². The second-order valence-corrected chi connectivity index (χ2v) is 3.19. The van der Waals surface area contributed by atoms with E-state index in [9.17, 15) is 0 Å². The van der Waals surface area contributed by atoms with Crippen LogP contribution in [0.3, 0.4) is 0 Å². The van der Waals surface area contributed by atoms with Crippen LogP contribution < -0.4 is 0 Å². The maximum absolute atomic E-state index is 2.26. The van der Waals surface area contributed by atoms with Gasteiger partial charge in [-0.25, -0.2) is 0 Å². The summed E-state index contributed by atoms with van der Waals surface area (Å²) in [6, 6.07) is 0. The monoisotopic (exact) mass is 174 g/mol. The number of rotatable bonds is 0. The predicted molar refractivity (Wildman–Crippen MR) is 59.6 cm³/mol. The van der Waals surface area contributed by atoms with Crippen molar-refractivity contribution in [1.29, 1.82) is 0 Å². The molecule has 0 aromatic heterocycles. The molecule has 70 valence electrons. The van der Waals surface area contributed by atoms with Crippen LogP contribution in [0.2, 0.25) is 0 Å². The van der Waals surface area contributed by atoms with Gasteiger partial charge in [-0.3, -0.25) is 0 Å². The standard InChI is InChI=1S/C13H18/c1-2-4-6-8-10-12-13-11-9-7-5-3-1/h1-4,9-12H,5-8,13H2/b3-1+,4-2?,11-9?,12-10?. The summed E-state index contributed by atoms with van der Waals surface area (Å²) in [6.07, 6.45) is 23.5. The molecule has 0 spiro atoms. The van der Waals surface area contributed by atoms with Crippen molar-refractivity contribution < 1.29 is 0 Å². The van der Waals surface area contributed by atoms with Crippen LogP contribution in [-0.2, 0) is 0 Å². The molecule has 0 atom stereocenters. The largest absolute Gasteiger partial charge is 0.0879 e. The summed E-state index contributed by atoms with van der Waals surface area (Å²) in [4.78, 5) is 0. The maximum Gasteiger partial charge on any atom is -0.0169 e. The van der Waals surface area contributed by atoms with Gasteiger partial charge in [0.25, 0.3) is 0 Å². The lowest BCUT2D eigenvalue weighted by molar-refractivity contribution is 1.04. The molecule has 0 heterocycles. The first kappa shape index (κ1) is 10.0. The Morgan fingerprint density at radius 3 is 1.46 bits per heavy atom. The van der Waals surface area contributed by atoms with Gasteiger partial charge in [0.05, 0.1) is 0 Å². The summed E-state index contributed by atoms with van der Waals surface area (Å²) in [5, 5.41) is 0. The van der Waals surface area contributed by atoms with Crippen molar-refractivity contribution in [3.05, 3.63) is 48.6 Å². The molecule has 0 amide bonds. The van der Waals surface area contributed by atoms with Gasteiger partial charge in [-0.05, 0) is 32.1 Å². The Morgan fingerprint density at radius 2 is 0.923 bits per heavy atom. The van der Waals surface area contributed by atoms with E-state index < -0.39 is 0 Å². The average Bonchev–Trinajstić information content (AvgIpc) is 2.18. The van der Waals surface area contributed by atoms with E-state index in [-0.39, 0.29) is 0 Å².